The van der Waals surface area contributed by atoms with Crippen LogP contribution < -0.4 is 0 Å². The smallest absolute Gasteiger partial charge is 0.104 e. The molecule has 0 bridgehead atoms. The Bertz CT molecular complexity index is 397. The number of hydrogen-bond acceptors (Lipinski definition) is 2. The first-order chi connectivity index (χ1) is 8.06. The van der Waals surface area contributed by atoms with E-state index in [0.717, 1.165) is 13.0 Å². The van der Waals surface area contributed by atoms with Gasteiger partial charge in [-0.05, 0) is 37.0 Å². The van der Waals surface area contributed by atoms with Crippen LogP contribution in [-0.2, 0) is 4.74 Å². The van der Waals surface area contributed by atoms with E-state index >= 15 is 0 Å². The van der Waals surface area contributed by atoms with Gasteiger partial charge in [0.05, 0.1) is 16.7 Å². The molecule has 0 aromatic heterocycles. The maximum atomic E-state index is 6.03. The first-order valence-corrected chi connectivity index (χ1v) is 7.48. The third-order valence-corrected chi connectivity index (χ3v) is 4.98. The van der Waals surface area contributed by atoms with Crippen LogP contribution in [0.4, 0.5) is 0 Å². The third kappa shape index (κ3) is 3.54. The molecule has 1 aliphatic rings. The summed E-state index contributed by atoms with van der Waals surface area (Å²) in [7, 11) is 0. The lowest BCUT2D eigenvalue weighted by Gasteiger charge is -2.16. The highest BCUT2D eigenvalue weighted by Gasteiger charge is 2.24. The first kappa shape index (κ1) is 13.5. The normalized spacial score (nSPS) is 26.1. The number of halogens is 2. The summed E-state index contributed by atoms with van der Waals surface area (Å²) in [5, 5.41) is 1.61. The molecule has 0 aliphatic carbocycles. The molecule has 4 heteroatoms. The van der Waals surface area contributed by atoms with E-state index in [2.05, 4.69) is 13.8 Å². The zero-order valence-corrected chi connectivity index (χ0v) is 12.3. The van der Waals surface area contributed by atoms with Crippen LogP contribution in [0, 0.1) is 5.92 Å². The van der Waals surface area contributed by atoms with E-state index in [1.807, 2.05) is 30.0 Å². The lowest BCUT2D eigenvalue weighted by atomic mass is 10.2. The summed E-state index contributed by atoms with van der Waals surface area (Å²) in [5.41, 5.74) is 1.52. The van der Waals surface area contributed by atoms with Crippen LogP contribution in [0.5, 0.6) is 0 Å². The van der Waals surface area contributed by atoms with Crippen LogP contribution in [-0.4, -0.2) is 12.0 Å². The summed E-state index contributed by atoms with van der Waals surface area (Å²) >= 11 is 13.8. The molecule has 1 aliphatic heterocycles. The summed E-state index contributed by atoms with van der Waals surface area (Å²) in [4.78, 5) is 0. The van der Waals surface area contributed by atoms with E-state index in [1.165, 1.54) is 5.56 Å². The van der Waals surface area contributed by atoms with Gasteiger partial charge in [-0.2, -0.15) is 0 Å². The second kappa shape index (κ2) is 5.83. The number of ether oxygens (including phenoxy) is 1. The van der Waals surface area contributed by atoms with Gasteiger partial charge < -0.3 is 4.74 Å². The molecule has 1 aromatic rings. The topological polar surface area (TPSA) is 9.23 Å². The molecule has 1 unspecified atom stereocenters. The van der Waals surface area contributed by atoms with Crippen molar-refractivity contribution in [3.63, 3.8) is 0 Å². The van der Waals surface area contributed by atoms with Crippen molar-refractivity contribution in [2.75, 3.05) is 6.61 Å². The van der Waals surface area contributed by atoms with E-state index in [1.54, 1.807) is 0 Å². The second-order valence-corrected chi connectivity index (χ2v) is 6.88. The zero-order chi connectivity index (χ0) is 12.4. The molecular formula is C13H16Cl2OS. The molecule has 2 rings (SSSR count). The first-order valence-electron chi connectivity index (χ1n) is 5.78. The Hall–Kier alpha value is 0.110. The molecule has 1 aromatic carbocycles. The predicted molar refractivity (Wildman–Crippen MR) is 76.0 cm³/mol. The molecule has 0 N–H and O–H groups in total. The average molecular weight is 291 g/mol. The minimum Gasteiger partial charge on any atom is -0.367 e. The predicted octanol–water partition coefficient (Wildman–Crippen LogP) is 5.17. The van der Waals surface area contributed by atoms with Gasteiger partial charge in [0.2, 0.25) is 0 Å². The van der Waals surface area contributed by atoms with Crippen molar-refractivity contribution in [1.29, 1.82) is 0 Å². The van der Waals surface area contributed by atoms with E-state index in [4.69, 9.17) is 27.9 Å². The number of benzene rings is 1. The van der Waals surface area contributed by atoms with Crippen molar-refractivity contribution >= 4 is 35.0 Å². The summed E-state index contributed by atoms with van der Waals surface area (Å²) in [6.45, 7) is 5.28. The summed E-state index contributed by atoms with van der Waals surface area (Å²) in [5.74, 6) is 0.675. The quantitative estimate of drug-likeness (QED) is 0.759. The molecule has 1 heterocycles. The zero-order valence-electron chi connectivity index (χ0n) is 9.95. The highest BCUT2D eigenvalue weighted by Crippen LogP contribution is 2.39. The fraction of sp³-hybridized carbons (Fsp3) is 0.538. The molecule has 0 saturated carbocycles. The maximum absolute atomic E-state index is 6.03. The highest BCUT2D eigenvalue weighted by molar-refractivity contribution is 7.99. The molecule has 94 valence electrons. The van der Waals surface area contributed by atoms with Gasteiger partial charge in [0.1, 0.15) is 5.44 Å². The molecular weight excluding hydrogens is 275 g/mol. The average Bonchev–Trinajstić information content (AvgIpc) is 2.68. The van der Waals surface area contributed by atoms with E-state index in [9.17, 15) is 0 Å². The van der Waals surface area contributed by atoms with Crippen molar-refractivity contribution < 1.29 is 4.74 Å². The van der Waals surface area contributed by atoms with Gasteiger partial charge in [-0.3, -0.25) is 0 Å². The minimum absolute atomic E-state index is 0.314. The van der Waals surface area contributed by atoms with Crippen LogP contribution in [0.15, 0.2) is 18.2 Å². The second-order valence-electron chi connectivity index (χ2n) is 4.56. The Kier molecular flexibility index (Phi) is 4.65. The van der Waals surface area contributed by atoms with Crippen molar-refractivity contribution in [3.05, 3.63) is 33.8 Å². The van der Waals surface area contributed by atoms with Crippen molar-refractivity contribution in [2.45, 2.75) is 31.0 Å². The van der Waals surface area contributed by atoms with Gasteiger partial charge in [-0.15, -0.1) is 11.8 Å². The number of thioether (sulfide) groups is 1. The molecule has 1 nitrogen and oxygen atoms in total. The van der Waals surface area contributed by atoms with Crippen LogP contribution in [0.3, 0.4) is 0 Å². The van der Waals surface area contributed by atoms with Gasteiger partial charge >= 0.3 is 0 Å². The SMILES string of the molecule is C[C@H]1COC(S[C@H](C)c2ccc(Cl)c(Cl)c2)C1. The molecule has 3 atom stereocenters. The summed E-state index contributed by atoms with van der Waals surface area (Å²) in [6, 6.07) is 5.83. The fourth-order valence-electron chi connectivity index (χ4n) is 1.90. The van der Waals surface area contributed by atoms with Gasteiger partial charge in [0.25, 0.3) is 0 Å². The minimum atomic E-state index is 0.314. The van der Waals surface area contributed by atoms with E-state index in [-0.39, 0.29) is 0 Å². The van der Waals surface area contributed by atoms with Crippen LogP contribution in [0.25, 0.3) is 0 Å². The van der Waals surface area contributed by atoms with Gasteiger partial charge in [-0.25, -0.2) is 0 Å². The largest absolute Gasteiger partial charge is 0.367 e. The Morgan fingerprint density at radius 1 is 1.35 bits per heavy atom. The van der Waals surface area contributed by atoms with Crippen molar-refractivity contribution in [2.24, 2.45) is 5.92 Å². The highest BCUT2D eigenvalue weighted by atomic mass is 35.5. The van der Waals surface area contributed by atoms with Gasteiger partial charge in [0.15, 0.2) is 0 Å². The summed E-state index contributed by atoms with van der Waals surface area (Å²) < 4.78 is 5.72. The monoisotopic (exact) mass is 290 g/mol. The molecule has 1 fully saturated rings. The fourth-order valence-corrected chi connectivity index (χ4v) is 3.56. The third-order valence-electron chi connectivity index (χ3n) is 2.93. The van der Waals surface area contributed by atoms with E-state index in [0.29, 0.717) is 26.6 Å². The Labute approximate surface area is 117 Å². The van der Waals surface area contributed by atoms with Crippen molar-refractivity contribution in [1.82, 2.24) is 0 Å². The molecule has 0 spiro atoms. The Morgan fingerprint density at radius 3 is 2.71 bits per heavy atom. The molecule has 0 amide bonds. The Morgan fingerprint density at radius 2 is 2.12 bits per heavy atom. The number of rotatable bonds is 3. The summed E-state index contributed by atoms with van der Waals surface area (Å²) in [6.07, 6.45) is 1.14. The number of hydrogen-bond donors (Lipinski definition) is 0. The molecule has 1 saturated heterocycles. The maximum Gasteiger partial charge on any atom is 0.104 e. The molecule has 17 heavy (non-hydrogen) atoms. The van der Waals surface area contributed by atoms with Gasteiger partial charge in [0, 0.05) is 5.25 Å². The Balaban J connectivity index is 1.99. The lowest BCUT2D eigenvalue weighted by molar-refractivity contribution is 0.166. The van der Waals surface area contributed by atoms with E-state index < -0.39 is 0 Å². The van der Waals surface area contributed by atoms with Crippen LogP contribution in [0.2, 0.25) is 10.0 Å². The lowest BCUT2D eigenvalue weighted by Crippen LogP contribution is -2.02. The van der Waals surface area contributed by atoms with Crippen molar-refractivity contribution in [3.8, 4) is 0 Å². The standard InChI is InChI=1S/C13H16Cl2OS/c1-8-5-13(16-7-8)17-9(2)10-3-4-11(14)12(15)6-10/h3-4,6,8-9,13H,5,7H2,1-2H3/t8-,9-,13?/m1/s1. The molecule has 0 radical (unpaired) electrons. The van der Waals surface area contributed by atoms with Crippen LogP contribution >= 0.6 is 35.0 Å². The van der Waals surface area contributed by atoms with Gasteiger partial charge in [-0.1, -0.05) is 36.2 Å². The van der Waals surface area contributed by atoms with Crippen LogP contribution in [0.1, 0.15) is 31.1 Å².